The summed E-state index contributed by atoms with van der Waals surface area (Å²) in [5, 5.41) is 10.0. The largest absolute Gasteiger partial charge is 0.392 e. The van der Waals surface area contributed by atoms with Crippen molar-refractivity contribution in [1.82, 2.24) is 9.21 Å². The Hall–Kier alpha value is -0.660. The van der Waals surface area contributed by atoms with Gasteiger partial charge < -0.3 is 10.0 Å². The summed E-state index contributed by atoms with van der Waals surface area (Å²) in [5.41, 5.74) is 0. The van der Waals surface area contributed by atoms with E-state index < -0.39 is 16.1 Å². The van der Waals surface area contributed by atoms with Crippen molar-refractivity contribution in [1.29, 1.82) is 0 Å². The number of likely N-dealkylation sites (N-methyl/N-ethyl adjacent to an activating group) is 1. The van der Waals surface area contributed by atoms with Crippen molar-refractivity contribution in [3.8, 4) is 0 Å². The average Bonchev–Trinajstić information content (AvgIpc) is 2.70. The predicted molar refractivity (Wildman–Crippen MR) is 78.3 cm³/mol. The molecule has 1 fully saturated rings. The first-order chi connectivity index (χ1) is 9.32. The molecule has 5 nitrogen and oxygen atoms in total. The van der Waals surface area contributed by atoms with Crippen LogP contribution >= 0.6 is 11.6 Å². The third-order valence-electron chi connectivity index (χ3n) is 3.34. The van der Waals surface area contributed by atoms with Crippen LogP contribution in [-0.4, -0.2) is 62.1 Å². The van der Waals surface area contributed by atoms with Crippen LogP contribution in [0, 0.1) is 0 Å². The van der Waals surface area contributed by atoms with Crippen LogP contribution in [0.25, 0.3) is 0 Å². The van der Waals surface area contributed by atoms with Crippen LogP contribution in [0.2, 0.25) is 5.02 Å². The van der Waals surface area contributed by atoms with Crippen LogP contribution in [0.3, 0.4) is 0 Å². The number of β-amino-alcohol motifs (C(OH)–C–C–N with tert-alkyl or cyclic N) is 1. The smallest absolute Gasteiger partial charge is 0.244 e. The Morgan fingerprint density at radius 1 is 1.40 bits per heavy atom. The second-order valence-electron chi connectivity index (χ2n) is 5.31. The highest BCUT2D eigenvalue weighted by Gasteiger charge is 2.40. The summed E-state index contributed by atoms with van der Waals surface area (Å²) in [6.45, 7) is 0.687. The van der Waals surface area contributed by atoms with Gasteiger partial charge in [0.2, 0.25) is 10.0 Å². The molecule has 0 saturated carbocycles. The number of aliphatic hydroxyl groups excluding tert-OH is 1. The Kier molecular flexibility index (Phi) is 4.71. The van der Waals surface area contributed by atoms with Crippen molar-refractivity contribution >= 4 is 21.6 Å². The highest BCUT2D eigenvalue weighted by molar-refractivity contribution is 7.89. The van der Waals surface area contributed by atoms with Gasteiger partial charge in [-0.15, -0.1) is 0 Å². The fourth-order valence-electron chi connectivity index (χ4n) is 2.52. The summed E-state index contributed by atoms with van der Waals surface area (Å²) < 4.78 is 26.8. The Morgan fingerprint density at radius 3 is 2.65 bits per heavy atom. The normalized spacial score (nSPS) is 24.4. The first kappa shape index (κ1) is 15.7. The maximum Gasteiger partial charge on any atom is 0.244 e. The quantitative estimate of drug-likeness (QED) is 0.900. The first-order valence-electron chi connectivity index (χ1n) is 6.41. The molecule has 0 radical (unpaired) electrons. The number of benzene rings is 1. The van der Waals surface area contributed by atoms with E-state index in [1.807, 2.05) is 19.0 Å². The number of rotatable bonds is 4. The minimum Gasteiger partial charge on any atom is -0.392 e. The van der Waals surface area contributed by atoms with E-state index in [2.05, 4.69) is 0 Å². The second kappa shape index (κ2) is 5.99. The minimum atomic E-state index is -3.68. The van der Waals surface area contributed by atoms with Gasteiger partial charge in [0.15, 0.2) is 0 Å². The molecule has 2 rings (SSSR count). The molecule has 1 aromatic rings. The number of halogens is 1. The van der Waals surface area contributed by atoms with Crippen molar-refractivity contribution in [2.45, 2.75) is 23.5 Å². The SMILES string of the molecule is CN(C)CC1CC(O)CN1S(=O)(=O)c1ccccc1Cl. The molecule has 1 saturated heterocycles. The Morgan fingerprint density at radius 2 is 2.05 bits per heavy atom. The van der Waals surface area contributed by atoms with Gasteiger partial charge >= 0.3 is 0 Å². The zero-order valence-electron chi connectivity index (χ0n) is 11.5. The molecule has 1 N–H and O–H groups in total. The summed E-state index contributed by atoms with van der Waals surface area (Å²) in [4.78, 5) is 2.01. The molecule has 0 spiro atoms. The molecule has 112 valence electrons. The number of hydrogen-bond donors (Lipinski definition) is 1. The van der Waals surface area contributed by atoms with Crippen LogP contribution in [0.4, 0.5) is 0 Å². The molecule has 0 aliphatic carbocycles. The fourth-order valence-corrected chi connectivity index (χ4v) is 4.68. The molecule has 0 amide bonds. The van der Waals surface area contributed by atoms with E-state index in [1.165, 1.54) is 10.4 Å². The van der Waals surface area contributed by atoms with Crippen LogP contribution in [0.5, 0.6) is 0 Å². The highest BCUT2D eigenvalue weighted by atomic mass is 35.5. The van der Waals surface area contributed by atoms with E-state index in [4.69, 9.17) is 11.6 Å². The number of hydrogen-bond acceptors (Lipinski definition) is 4. The average molecular weight is 319 g/mol. The Labute approximate surface area is 124 Å². The Bertz CT molecular complexity index is 577. The van der Waals surface area contributed by atoms with Crippen LogP contribution in [-0.2, 0) is 10.0 Å². The molecule has 1 aliphatic heterocycles. The molecular formula is C13H19ClN2O3S. The predicted octanol–water partition coefficient (Wildman–Crippen LogP) is 1.03. The van der Waals surface area contributed by atoms with Gasteiger partial charge in [0.25, 0.3) is 0 Å². The minimum absolute atomic E-state index is 0.0968. The van der Waals surface area contributed by atoms with Gasteiger partial charge in [-0.25, -0.2) is 8.42 Å². The molecule has 0 bridgehead atoms. The van der Waals surface area contributed by atoms with Gasteiger partial charge in [0, 0.05) is 19.1 Å². The van der Waals surface area contributed by atoms with Crippen LogP contribution in [0.15, 0.2) is 29.2 Å². The van der Waals surface area contributed by atoms with E-state index in [0.29, 0.717) is 13.0 Å². The molecule has 7 heteroatoms. The monoisotopic (exact) mass is 318 g/mol. The van der Waals surface area contributed by atoms with Crippen molar-refractivity contribution in [3.63, 3.8) is 0 Å². The zero-order chi connectivity index (χ0) is 14.9. The van der Waals surface area contributed by atoms with E-state index in [1.54, 1.807) is 18.2 Å². The maximum absolute atomic E-state index is 12.7. The summed E-state index contributed by atoms with van der Waals surface area (Å²) in [6.07, 6.45) is -0.181. The van der Waals surface area contributed by atoms with Gasteiger partial charge in [-0.3, -0.25) is 0 Å². The maximum atomic E-state index is 12.7. The molecule has 1 aliphatic rings. The summed E-state index contributed by atoms with van der Waals surface area (Å²) >= 11 is 6.00. The van der Waals surface area contributed by atoms with Gasteiger partial charge in [0.05, 0.1) is 11.1 Å². The van der Waals surface area contributed by atoms with Crippen LogP contribution < -0.4 is 0 Å². The lowest BCUT2D eigenvalue weighted by Gasteiger charge is -2.26. The molecule has 1 heterocycles. The number of sulfonamides is 1. The topological polar surface area (TPSA) is 60.9 Å². The second-order valence-corrected chi connectivity index (χ2v) is 7.58. The standard InChI is InChI=1S/C13H19ClN2O3S/c1-15(2)8-10-7-11(17)9-16(10)20(18,19)13-6-4-3-5-12(13)14/h3-6,10-11,17H,7-9H2,1-2H3. The Balaban J connectivity index is 2.35. The molecule has 20 heavy (non-hydrogen) atoms. The molecule has 0 aromatic heterocycles. The fraction of sp³-hybridized carbons (Fsp3) is 0.538. The summed E-state index contributed by atoms with van der Waals surface area (Å²) in [6, 6.07) is 6.15. The molecule has 2 atom stereocenters. The van der Waals surface area contributed by atoms with Crippen LogP contribution in [0.1, 0.15) is 6.42 Å². The van der Waals surface area contributed by atoms with Crippen molar-refractivity contribution < 1.29 is 13.5 Å². The first-order valence-corrected chi connectivity index (χ1v) is 8.23. The molecule has 1 aromatic carbocycles. The third kappa shape index (κ3) is 3.15. The number of nitrogens with zero attached hydrogens (tertiary/aromatic N) is 2. The number of aliphatic hydroxyl groups is 1. The van der Waals surface area contributed by atoms with Gasteiger partial charge in [0.1, 0.15) is 4.90 Å². The highest BCUT2D eigenvalue weighted by Crippen LogP contribution is 2.30. The lowest BCUT2D eigenvalue weighted by atomic mass is 10.2. The molecule has 2 unspecified atom stereocenters. The summed E-state index contributed by atoms with van der Waals surface area (Å²) in [7, 11) is 0.0776. The van der Waals surface area contributed by atoms with E-state index in [-0.39, 0.29) is 22.5 Å². The van der Waals surface area contributed by atoms with Crippen molar-refractivity contribution in [2.75, 3.05) is 27.2 Å². The van der Waals surface area contributed by atoms with Crippen molar-refractivity contribution in [2.24, 2.45) is 0 Å². The van der Waals surface area contributed by atoms with Gasteiger partial charge in [-0.1, -0.05) is 23.7 Å². The molecular weight excluding hydrogens is 300 g/mol. The lowest BCUT2D eigenvalue weighted by molar-refractivity contribution is 0.188. The summed E-state index contributed by atoms with van der Waals surface area (Å²) in [5.74, 6) is 0. The van der Waals surface area contributed by atoms with E-state index in [9.17, 15) is 13.5 Å². The lowest BCUT2D eigenvalue weighted by Crippen LogP contribution is -2.41. The van der Waals surface area contributed by atoms with E-state index in [0.717, 1.165) is 0 Å². The third-order valence-corrected chi connectivity index (χ3v) is 5.76. The van der Waals surface area contributed by atoms with Crippen molar-refractivity contribution in [3.05, 3.63) is 29.3 Å². The van der Waals surface area contributed by atoms with Gasteiger partial charge in [-0.05, 0) is 32.6 Å². The van der Waals surface area contributed by atoms with Gasteiger partial charge in [-0.2, -0.15) is 4.31 Å². The van der Waals surface area contributed by atoms with E-state index >= 15 is 0 Å². The zero-order valence-corrected chi connectivity index (χ0v) is 13.1.